The quantitative estimate of drug-likeness (QED) is 0.794. The standard InChI is InChI=1S/C12H11ClN4O4/c13-11-10(2-1-7(4-14)16-11)20-6-9-3-8(17-21-9)5-15-12(18)19/h1-2,9,15H,3,5-6H2,(H,18,19). The van der Waals surface area contributed by atoms with Crippen molar-refractivity contribution in [2.45, 2.75) is 12.5 Å². The maximum absolute atomic E-state index is 10.4. The lowest BCUT2D eigenvalue weighted by Crippen LogP contribution is -2.28. The molecule has 1 unspecified atom stereocenters. The predicted octanol–water partition coefficient (Wildman–Crippen LogP) is 1.40. The van der Waals surface area contributed by atoms with Gasteiger partial charge in [-0.2, -0.15) is 5.26 Å². The van der Waals surface area contributed by atoms with Crippen molar-refractivity contribution in [2.75, 3.05) is 13.2 Å². The molecule has 0 bridgehead atoms. The molecule has 8 nitrogen and oxygen atoms in total. The van der Waals surface area contributed by atoms with Crippen LogP contribution in [0.3, 0.4) is 0 Å². The van der Waals surface area contributed by atoms with Gasteiger partial charge in [-0.25, -0.2) is 9.78 Å². The lowest BCUT2D eigenvalue weighted by Gasteiger charge is -2.11. The third kappa shape index (κ3) is 4.22. The van der Waals surface area contributed by atoms with Crippen molar-refractivity contribution < 1.29 is 19.5 Å². The molecule has 2 heterocycles. The Kier molecular flexibility index (Phi) is 4.79. The van der Waals surface area contributed by atoms with Crippen LogP contribution in [0.1, 0.15) is 12.1 Å². The van der Waals surface area contributed by atoms with Gasteiger partial charge in [-0.1, -0.05) is 16.8 Å². The summed E-state index contributed by atoms with van der Waals surface area (Å²) < 4.78 is 5.46. The first-order valence-corrected chi connectivity index (χ1v) is 6.34. The second-order valence-electron chi connectivity index (χ2n) is 4.16. The van der Waals surface area contributed by atoms with Crippen molar-refractivity contribution in [3.05, 3.63) is 23.0 Å². The minimum Gasteiger partial charge on any atom is -0.486 e. The number of pyridine rings is 1. The van der Waals surface area contributed by atoms with E-state index in [4.69, 9.17) is 31.5 Å². The van der Waals surface area contributed by atoms with Crippen LogP contribution in [-0.2, 0) is 4.84 Å². The highest BCUT2D eigenvalue weighted by Crippen LogP contribution is 2.23. The molecular weight excluding hydrogens is 300 g/mol. The number of ether oxygens (including phenoxy) is 1. The average molecular weight is 311 g/mol. The summed E-state index contributed by atoms with van der Waals surface area (Å²) in [6.45, 7) is 0.304. The summed E-state index contributed by atoms with van der Waals surface area (Å²) in [7, 11) is 0. The van der Waals surface area contributed by atoms with E-state index in [-0.39, 0.29) is 30.1 Å². The highest BCUT2D eigenvalue weighted by atomic mass is 35.5. The summed E-state index contributed by atoms with van der Waals surface area (Å²) in [5, 5.41) is 23.2. The number of carboxylic acid groups (broad SMARTS) is 1. The van der Waals surface area contributed by atoms with Crippen LogP contribution in [0.15, 0.2) is 17.3 Å². The predicted molar refractivity (Wildman–Crippen MR) is 72.4 cm³/mol. The number of oxime groups is 1. The number of carbonyl (C=O) groups is 1. The van der Waals surface area contributed by atoms with Crippen LogP contribution >= 0.6 is 11.6 Å². The largest absolute Gasteiger partial charge is 0.486 e. The second-order valence-corrected chi connectivity index (χ2v) is 4.51. The van der Waals surface area contributed by atoms with Gasteiger partial charge in [0.1, 0.15) is 18.4 Å². The number of nitrogens with one attached hydrogen (secondary N) is 1. The minimum absolute atomic E-state index is 0.0979. The number of aromatic nitrogens is 1. The molecule has 110 valence electrons. The Morgan fingerprint density at radius 1 is 1.67 bits per heavy atom. The molecule has 9 heteroatoms. The monoisotopic (exact) mass is 310 g/mol. The zero-order valence-corrected chi connectivity index (χ0v) is 11.5. The number of halogens is 1. The fourth-order valence-corrected chi connectivity index (χ4v) is 1.84. The number of amides is 1. The molecule has 2 N–H and O–H groups in total. The Morgan fingerprint density at radius 2 is 2.48 bits per heavy atom. The van der Waals surface area contributed by atoms with Crippen LogP contribution in [-0.4, -0.2) is 41.2 Å². The van der Waals surface area contributed by atoms with E-state index in [0.717, 1.165) is 0 Å². The van der Waals surface area contributed by atoms with Crippen LogP contribution in [0, 0.1) is 11.3 Å². The molecule has 0 spiro atoms. The number of hydrogen-bond donors (Lipinski definition) is 2. The minimum atomic E-state index is -1.12. The van der Waals surface area contributed by atoms with Crippen molar-refractivity contribution in [3.8, 4) is 11.8 Å². The van der Waals surface area contributed by atoms with E-state index >= 15 is 0 Å². The Morgan fingerprint density at radius 3 is 3.14 bits per heavy atom. The molecule has 1 amide bonds. The molecule has 0 aliphatic carbocycles. The summed E-state index contributed by atoms with van der Waals surface area (Å²) in [6, 6.07) is 4.92. The molecule has 0 saturated heterocycles. The first kappa shape index (κ1) is 14.9. The SMILES string of the molecule is N#Cc1ccc(OCC2CC(CNC(=O)O)=NO2)c(Cl)n1. The van der Waals surface area contributed by atoms with Gasteiger partial charge in [-0.15, -0.1) is 0 Å². The van der Waals surface area contributed by atoms with Gasteiger partial charge in [0, 0.05) is 6.42 Å². The summed E-state index contributed by atoms with van der Waals surface area (Å²) in [4.78, 5) is 19.3. The van der Waals surface area contributed by atoms with Gasteiger partial charge in [-0.3, -0.25) is 0 Å². The van der Waals surface area contributed by atoms with Gasteiger partial charge >= 0.3 is 6.09 Å². The summed E-state index contributed by atoms with van der Waals surface area (Å²) in [6.07, 6.45) is -0.975. The third-order valence-electron chi connectivity index (χ3n) is 2.59. The lowest BCUT2D eigenvalue weighted by atomic mass is 10.2. The molecule has 2 rings (SSSR count). The Labute approximate surface area is 124 Å². The Bertz CT molecular complexity index is 614. The van der Waals surface area contributed by atoms with Crippen molar-refractivity contribution in [1.29, 1.82) is 5.26 Å². The fraction of sp³-hybridized carbons (Fsp3) is 0.333. The molecule has 1 atom stereocenters. The first-order chi connectivity index (χ1) is 10.1. The van der Waals surface area contributed by atoms with Crippen LogP contribution in [0.4, 0.5) is 4.79 Å². The Balaban J connectivity index is 1.80. The van der Waals surface area contributed by atoms with Crippen LogP contribution in [0.5, 0.6) is 5.75 Å². The topological polar surface area (TPSA) is 117 Å². The molecule has 0 fully saturated rings. The van der Waals surface area contributed by atoms with Crippen LogP contribution in [0.2, 0.25) is 5.15 Å². The van der Waals surface area contributed by atoms with Crippen molar-refractivity contribution in [1.82, 2.24) is 10.3 Å². The van der Waals surface area contributed by atoms with E-state index in [0.29, 0.717) is 17.9 Å². The molecular formula is C12H11ClN4O4. The molecule has 1 aliphatic heterocycles. The van der Waals surface area contributed by atoms with E-state index in [1.54, 1.807) is 6.07 Å². The van der Waals surface area contributed by atoms with Gasteiger partial charge in [0.05, 0.1) is 12.3 Å². The molecule has 1 aromatic rings. The molecule has 1 aromatic heterocycles. The van der Waals surface area contributed by atoms with Crippen LogP contribution < -0.4 is 10.1 Å². The normalized spacial score (nSPS) is 16.6. The average Bonchev–Trinajstić information content (AvgIpc) is 2.91. The fourth-order valence-electron chi connectivity index (χ4n) is 1.63. The summed E-state index contributed by atoms with van der Waals surface area (Å²) >= 11 is 5.87. The maximum atomic E-state index is 10.4. The lowest BCUT2D eigenvalue weighted by molar-refractivity contribution is 0.0470. The first-order valence-electron chi connectivity index (χ1n) is 5.96. The highest BCUT2D eigenvalue weighted by molar-refractivity contribution is 6.30. The number of rotatable bonds is 5. The third-order valence-corrected chi connectivity index (χ3v) is 2.86. The van der Waals surface area contributed by atoms with E-state index in [1.807, 2.05) is 6.07 Å². The van der Waals surface area contributed by atoms with E-state index in [1.165, 1.54) is 6.07 Å². The number of hydrogen-bond acceptors (Lipinski definition) is 6. The van der Waals surface area contributed by atoms with Crippen molar-refractivity contribution in [2.24, 2.45) is 5.16 Å². The smallest absolute Gasteiger partial charge is 0.404 e. The molecule has 0 radical (unpaired) electrons. The van der Waals surface area contributed by atoms with Gasteiger partial charge in [0.15, 0.2) is 17.0 Å². The van der Waals surface area contributed by atoms with Crippen molar-refractivity contribution >= 4 is 23.4 Å². The Hall–Kier alpha value is -2.53. The zero-order valence-electron chi connectivity index (χ0n) is 10.7. The maximum Gasteiger partial charge on any atom is 0.404 e. The summed E-state index contributed by atoms with van der Waals surface area (Å²) in [5.74, 6) is 0.344. The molecule has 21 heavy (non-hydrogen) atoms. The van der Waals surface area contributed by atoms with Gasteiger partial charge in [-0.05, 0) is 12.1 Å². The number of nitrogens with zero attached hydrogens (tertiary/aromatic N) is 3. The number of nitriles is 1. The van der Waals surface area contributed by atoms with E-state index in [9.17, 15) is 4.79 Å². The highest BCUT2D eigenvalue weighted by Gasteiger charge is 2.22. The molecule has 0 saturated carbocycles. The van der Waals surface area contributed by atoms with Crippen LogP contribution in [0.25, 0.3) is 0 Å². The van der Waals surface area contributed by atoms with E-state index in [2.05, 4.69) is 15.5 Å². The molecule has 1 aliphatic rings. The zero-order chi connectivity index (χ0) is 15.2. The summed E-state index contributed by atoms with van der Waals surface area (Å²) in [5.41, 5.74) is 0.796. The van der Waals surface area contributed by atoms with Crippen molar-refractivity contribution in [3.63, 3.8) is 0 Å². The van der Waals surface area contributed by atoms with Gasteiger partial charge in [0.2, 0.25) is 0 Å². The van der Waals surface area contributed by atoms with Gasteiger partial charge < -0.3 is 20.0 Å². The van der Waals surface area contributed by atoms with Gasteiger partial charge in [0.25, 0.3) is 0 Å². The van der Waals surface area contributed by atoms with E-state index < -0.39 is 6.09 Å². The molecule has 0 aromatic carbocycles. The second kappa shape index (κ2) is 6.76.